The molecule has 1 aromatic heterocycles. The molecule has 1 saturated carbocycles. The highest BCUT2D eigenvalue weighted by molar-refractivity contribution is 7.99. The minimum absolute atomic E-state index is 0.114. The zero-order chi connectivity index (χ0) is 14.9. The lowest BCUT2D eigenvalue weighted by Gasteiger charge is -2.26. The molecule has 1 amide bonds. The summed E-state index contributed by atoms with van der Waals surface area (Å²) in [7, 11) is 0. The lowest BCUT2D eigenvalue weighted by molar-refractivity contribution is 0.0763. The van der Waals surface area contributed by atoms with Crippen LogP contribution in [0.5, 0.6) is 0 Å². The molecule has 0 N–H and O–H groups in total. The third-order valence-corrected chi connectivity index (χ3v) is 5.18. The molecule has 1 aliphatic heterocycles. The zero-order valence-corrected chi connectivity index (χ0v) is 13.3. The zero-order valence-electron chi connectivity index (χ0n) is 12.4. The average molecular weight is 313 g/mol. The second-order valence-electron chi connectivity index (χ2n) is 5.88. The summed E-state index contributed by atoms with van der Waals surface area (Å²) in [4.78, 5) is 14.9. The van der Waals surface area contributed by atoms with E-state index in [1.807, 2.05) is 57.7 Å². The molecule has 0 atom stereocenters. The van der Waals surface area contributed by atoms with Crippen molar-refractivity contribution in [3.8, 4) is 5.69 Å². The van der Waals surface area contributed by atoms with Gasteiger partial charge in [-0.05, 0) is 31.0 Å². The number of hydrogen-bond donors (Lipinski definition) is 0. The fourth-order valence-electron chi connectivity index (χ4n) is 2.82. The van der Waals surface area contributed by atoms with E-state index in [1.54, 1.807) is 0 Å². The Morgan fingerprint density at radius 3 is 2.55 bits per heavy atom. The highest BCUT2D eigenvalue weighted by Gasteiger charge is 2.30. The topological polar surface area (TPSA) is 38.1 Å². The van der Waals surface area contributed by atoms with Crippen molar-refractivity contribution in [1.29, 1.82) is 0 Å². The van der Waals surface area contributed by atoms with Crippen LogP contribution in [0.25, 0.3) is 5.69 Å². The molecule has 1 aliphatic carbocycles. The molecular formula is C17H19N3OS. The number of carbonyl (C=O) groups is 1. The Hall–Kier alpha value is -1.75. The van der Waals surface area contributed by atoms with Gasteiger partial charge >= 0.3 is 0 Å². The SMILES string of the molecule is O=C(c1cc(C2CC2)nn1-c1ccccc1)N1CCSCC1. The summed E-state index contributed by atoms with van der Waals surface area (Å²) in [5, 5.41) is 4.72. The number of para-hydroxylation sites is 1. The summed E-state index contributed by atoms with van der Waals surface area (Å²) < 4.78 is 1.83. The summed E-state index contributed by atoms with van der Waals surface area (Å²) in [5.41, 5.74) is 2.74. The van der Waals surface area contributed by atoms with Gasteiger partial charge in [-0.1, -0.05) is 18.2 Å². The summed E-state index contributed by atoms with van der Waals surface area (Å²) in [6.07, 6.45) is 2.39. The fourth-order valence-corrected chi connectivity index (χ4v) is 3.73. The van der Waals surface area contributed by atoms with Gasteiger partial charge in [-0.2, -0.15) is 16.9 Å². The number of amides is 1. The molecule has 1 saturated heterocycles. The molecule has 4 nitrogen and oxygen atoms in total. The first-order chi connectivity index (χ1) is 10.8. The van der Waals surface area contributed by atoms with E-state index in [9.17, 15) is 4.79 Å². The normalized spacial score (nSPS) is 18.5. The molecule has 5 heteroatoms. The molecule has 0 radical (unpaired) electrons. The smallest absolute Gasteiger partial charge is 0.272 e. The number of thioether (sulfide) groups is 1. The van der Waals surface area contributed by atoms with Crippen LogP contribution in [0, 0.1) is 0 Å². The minimum Gasteiger partial charge on any atom is -0.336 e. The lowest BCUT2D eigenvalue weighted by Crippen LogP contribution is -2.38. The van der Waals surface area contributed by atoms with Crippen LogP contribution in [0.15, 0.2) is 36.4 Å². The van der Waals surface area contributed by atoms with E-state index in [0.29, 0.717) is 11.6 Å². The van der Waals surface area contributed by atoms with E-state index in [0.717, 1.165) is 36.0 Å². The van der Waals surface area contributed by atoms with Crippen LogP contribution in [0.2, 0.25) is 0 Å². The van der Waals surface area contributed by atoms with Crippen molar-refractivity contribution in [2.75, 3.05) is 24.6 Å². The van der Waals surface area contributed by atoms with E-state index in [1.165, 1.54) is 12.8 Å². The molecule has 22 heavy (non-hydrogen) atoms. The van der Waals surface area contributed by atoms with Gasteiger partial charge in [-0.3, -0.25) is 4.79 Å². The number of aromatic nitrogens is 2. The Morgan fingerprint density at radius 1 is 1.14 bits per heavy atom. The molecule has 0 bridgehead atoms. The quantitative estimate of drug-likeness (QED) is 0.874. The van der Waals surface area contributed by atoms with Gasteiger partial charge < -0.3 is 4.90 Å². The maximum absolute atomic E-state index is 12.9. The summed E-state index contributed by atoms with van der Waals surface area (Å²) in [6.45, 7) is 1.67. The monoisotopic (exact) mass is 313 g/mol. The van der Waals surface area contributed by atoms with Crippen LogP contribution >= 0.6 is 11.8 Å². The summed E-state index contributed by atoms with van der Waals surface area (Å²) >= 11 is 1.92. The van der Waals surface area contributed by atoms with Gasteiger partial charge in [0.1, 0.15) is 5.69 Å². The predicted octanol–water partition coefficient (Wildman–Crippen LogP) is 2.94. The first kappa shape index (κ1) is 13.9. The Bertz CT molecular complexity index is 672. The summed E-state index contributed by atoms with van der Waals surface area (Å²) in [5.74, 6) is 2.72. The van der Waals surface area contributed by atoms with Crippen LogP contribution in [0.1, 0.15) is 34.9 Å². The maximum Gasteiger partial charge on any atom is 0.272 e. The van der Waals surface area contributed by atoms with Crippen LogP contribution in [0.4, 0.5) is 0 Å². The van der Waals surface area contributed by atoms with Gasteiger partial charge in [0.25, 0.3) is 5.91 Å². The van der Waals surface area contributed by atoms with E-state index >= 15 is 0 Å². The van der Waals surface area contributed by atoms with Crippen molar-refractivity contribution < 1.29 is 4.79 Å². The maximum atomic E-state index is 12.9. The number of carbonyl (C=O) groups excluding carboxylic acids is 1. The molecule has 2 heterocycles. The molecule has 114 valence electrons. The molecule has 2 aromatic rings. The third-order valence-electron chi connectivity index (χ3n) is 4.24. The standard InChI is InChI=1S/C17H19N3OS/c21-17(19-8-10-22-11-9-19)16-12-15(13-6-7-13)18-20(16)14-4-2-1-3-5-14/h1-5,12-13H,6-11H2. The first-order valence-electron chi connectivity index (χ1n) is 7.85. The Kier molecular flexibility index (Phi) is 3.66. The number of nitrogens with zero attached hydrogens (tertiary/aromatic N) is 3. The van der Waals surface area contributed by atoms with E-state index in [2.05, 4.69) is 0 Å². The van der Waals surface area contributed by atoms with Gasteiger partial charge in [-0.25, -0.2) is 4.68 Å². The van der Waals surface area contributed by atoms with E-state index in [4.69, 9.17) is 5.10 Å². The predicted molar refractivity (Wildman–Crippen MR) is 88.8 cm³/mol. The second kappa shape index (κ2) is 5.80. The highest BCUT2D eigenvalue weighted by atomic mass is 32.2. The number of hydrogen-bond acceptors (Lipinski definition) is 3. The van der Waals surface area contributed by atoms with Gasteiger partial charge in [0.2, 0.25) is 0 Å². The highest BCUT2D eigenvalue weighted by Crippen LogP contribution is 2.39. The molecule has 0 unspecified atom stereocenters. The average Bonchev–Trinajstić information content (AvgIpc) is 3.34. The van der Waals surface area contributed by atoms with Crippen LogP contribution in [-0.4, -0.2) is 45.2 Å². The Balaban J connectivity index is 1.71. The van der Waals surface area contributed by atoms with Crippen molar-refractivity contribution >= 4 is 17.7 Å². The first-order valence-corrected chi connectivity index (χ1v) is 9.01. The van der Waals surface area contributed by atoms with Crippen LogP contribution in [-0.2, 0) is 0 Å². The minimum atomic E-state index is 0.114. The molecule has 1 aromatic carbocycles. The number of benzene rings is 1. The van der Waals surface area contributed by atoms with Crippen molar-refractivity contribution in [2.45, 2.75) is 18.8 Å². The Morgan fingerprint density at radius 2 is 1.86 bits per heavy atom. The number of rotatable bonds is 3. The van der Waals surface area contributed by atoms with Gasteiger partial charge in [0, 0.05) is 30.5 Å². The van der Waals surface area contributed by atoms with Gasteiger partial charge in [-0.15, -0.1) is 0 Å². The van der Waals surface area contributed by atoms with Crippen LogP contribution < -0.4 is 0 Å². The largest absolute Gasteiger partial charge is 0.336 e. The van der Waals surface area contributed by atoms with Gasteiger partial charge in [0.05, 0.1) is 11.4 Å². The molecule has 2 fully saturated rings. The van der Waals surface area contributed by atoms with Crippen molar-refractivity contribution in [3.05, 3.63) is 47.8 Å². The third kappa shape index (κ3) is 2.65. The van der Waals surface area contributed by atoms with Crippen molar-refractivity contribution in [1.82, 2.24) is 14.7 Å². The lowest BCUT2D eigenvalue weighted by atomic mass is 10.2. The van der Waals surface area contributed by atoms with E-state index < -0.39 is 0 Å². The second-order valence-corrected chi connectivity index (χ2v) is 7.11. The van der Waals surface area contributed by atoms with E-state index in [-0.39, 0.29) is 5.91 Å². The molecule has 4 rings (SSSR count). The van der Waals surface area contributed by atoms with Crippen LogP contribution in [0.3, 0.4) is 0 Å². The van der Waals surface area contributed by atoms with Gasteiger partial charge in [0.15, 0.2) is 0 Å². The van der Waals surface area contributed by atoms with Crippen molar-refractivity contribution in [3.63, 3.8) is 0 Å². The Labute approximate surface area is 134 Å². The summed E-state index contributed by atoms with van der Waals surface area (Å²) in [6, 6.07) is 12.0. The fraction of sp³-hybridized carbons (Fsp3) is 0.412. The molecule has 0 spiro atoms. The molecule has 2 aliphatic rings. The van der Waals surface area contributed by atoms with Crippen molar-refractivity contribution in [2.24, 2.45) is 0 Å². The molecular weight excluding hydrogens is 294 g/mol.